The summed E-state index contributed by atoms with van der Waals surface area (Å²) in [7, 11) is 0. The van der Waals surface area contributed by atoms with Gasteiger partial charge in [0.15, 0.2) is 0 Å². The molecule has 1 N–H and O–H groups in total. The van der Waals surface area contributed by atoms with Gasteiger partial charge in [0, 0.05) is 5.71 Å². The van der Waals surface area contributed by atoms with Crippen molar-refractivity contribution in [3.8, 4) is 0 Å². The molecule has 0 aromatic carbocycles. The van der Waals surface area contributed by atoms with E-state index in [4.69, 9.17) is 10.1 Å². The van der Waals surface area contributed by atoms with Gasteiger partial charge in [0.05, 0.1) is 12.5 Å². The van der Waals surface area contributed by atoms with Gasteiger partial charge in [0.2, 0.25) is 0 Å². The summed E-state index contributed by atoms with van der Waals surface area (Å²) in [6.45, 7) is 3.99. The first-order valence-corrected chi connectivity index (χ1v) is 5.91. The van der Waals surface area contributed by atoms with Crippen molar-refractivity contribution >= 4 is 11.7 Å². The van der Waals surface area contributed by atoms with Crippen LogP contribution in [0, 0.1) is 17.2 Å². The molecule has 1 saturated carbocycles. The fraction of sp³-hybridized carbons (Fsp3) is 0.833. The molecule has 3 heteroatoms. The third-order valence-electron chi connectivity index (χ3n) is 3.15. The highest BCUT2D eigenvalue weighted by Gasteiger charge is 2.27. The van der Waals surface area contributed by atoms with Crippen LogP contribution in [0.2, 0.25) is 0 Å². The molecule has 0 aliphatic heterocycles. The van der Waals surface area contributed by atoms with E-state index in [9.17, 15) is 4.79 Å². The molecule has 0 bridgehead atoms. The van der Waals surface area contributed by atoms with Gasteiger partial charge >= 0.3 is 5.97 Å². The molecule has 1 aliphatic rings. The zero-order valence-corrected chi connectivity index (χ0v) is 9.71. The van der Waals surface area contributed by atoms with Crippen molar-refractivity contribution in [3.63, 3.8) is 0 Å². The molecule has 0 amide bonds. The molecule has 86 valence electrons. The van der Waals surface area contributed by atoms with E-state index in [0.29, 0.717) is 18.2 Å². The Morgan fingerprint density at radius 2 is 2.00 bits per heavy atom. The molecule has 0 aromatic rings. The first-order valence-electron chi connectivity index (χ1n) is 5.91. The molecule has 1 aliphatic carbocycles. The molecule has 0 saturated heterocycles. The van der Waals surface area contributed by atoms with Crippen molar-refractivity contribution in [3.05, 3.63) is 0 Å². The number of nitrogens with one attached hydrogen (secondary N) is 1. The lowest BCUT2D eigenvalue weighted by atomic mass is 9.81. The molecular formula is C12H21NO2. The highest BCUT2D eigenvalue weighted by molar-refractivity contribution is 6.01. The molecular weight excluding hydrogens is 190 g/mol. The van der Waals surface area contributed by atoms with Gasteiger partial charge in [-0.15, -0.1) is 0 Å². The van der Waals surface area contributed by atoms with E-state index in [-0.39, 0.29) is 11.9 Å². The molecule has 1 unspecified atom stereocenters. The lowest BCUT2D eigenvalue weighted by Crippen LogP contribution is -2.29. The lowest BCUT2D eigenvalue weighted by molar-refractivity contribution is -0.145. The topological polar surface area (TPSA) is 50.2 Å². The number of esters is 1. The minimum absolute atomic E-state index is 0.243. The van der Waals surface area contributed by atoms with Crippen LogP contribution in [0.5, 0.6) is 0 Å². The maximum atomic E-state index is 11.5. The number of carbonyl (C=O) groups is 1. The van der Waals surface area contributed by atoms with Crippen LogP contribution in [0.25, 0.3) is 0 Å². The van der Waals surface area contributed by atoms with Crippen LogP contribution in [-0.2, 0) is 9.53 Å². The summed E-state index contributed by atoms with van der Waals surface area (Å²) in [4.78, 5) is 11.5. The zero-order chi connectivity index (χ0) is 11.3. The number of ether oxygens (including phenoxy) is 1. The van der Waals surface area contributed by atoms with Crippen LogP contribution in [-0.4, -0.2) is 18.3 Å². The smallest absolute Gasteiger partial charge is 0.314 e. The summed E-state index contributed by atoms with van der Waals surface area (Å²) in [5.74, 6) is -0.278. The van der Waals surface area contributed by atoms with Crippen molar-refractivity contribution in [2.75, 3.05) is 6.61 Å². The average molecular weight is 211 g/mol. The van der Waals surface area contributed by atoms with Gasteiger partial charge in [0.25, 0.3) is 0 Å². The Morgan fingerprint density at radius 1 is 1.40 bits per heavy atom. The first kappa shape index (κ1) is 12.2. The summed E-state index contributed by atoms with van der Waals surface area (Å²) in [6, 6.07) is 0. The van der Waals surface area contributed by atoms with E-state index < -0.39 is 0 Å². The Bertz CT molecular complexity index is 232. The Balaban J connectivity index is 2.47. The van der Waals surface area contributed by atoms with Crippen molar-refractivity contribution < 1.29 is 9.53 Å². The summed E-state index contributed by atoms with van der Waals surface area (Å²) in [6.07, 6.45) is 5.81. The zero-order valence-electron chi connectivity index (χ0n) is 9.71. The maximum Gasteiger partial charge on any atom is 0.314 e. The predicted octanol–water partition coefficient (Wildman–Crippen LogP) is 2.79. The molecule has 1 atom stereocenters. The van der Waals surface area contributed by atoms with Gasteiger partial charge in [-0.05, 0) is 32.6 Å². The summed E-state index contributed by atoms with van der Waals surface area (Å²) in [5.41, 5.74) is 0.577. The van der Waals surface area contributed by atoms with Crippen LogP contribution in [0.1, 0.15) is 46.0 Å². The van der Waals surface area contributed by atoms with Gasteiger partial charge in [-0.1, -0.05) is 19.3 Å². The van der Waals surface area contributed by atoms with E-state index in [0.717, 1.165) is 12.8 Å². The summed E-state index contributed by atoms with van der Waals surface area (Å²) in [5, 5.41) is 8.00. The van der Waals surface area contributed by atoms with Crippen molar-refractivity contribution in [2.45, 2.75) is 46.0 Å². The van der Waals surface area contributed by atoms with Gasteiger partial charge in [-0.3, -0.25) is 4.79 Å². The number of rotatable bonds is 4. The standard InChI is InChI=1S/C12H21NO2/c1-3-15-12(14)9(2)11(13)10-7-5-4-6-8-10/h9-10,13H,3-8H2,1-2H3. The second-order valence-electron chi connectivity index (χ2n) is 4.26. The minimum Gasteiger partial charge on any atom is -0.465 e. The van der Waals surface area contributed by atoms with Gasteiger partial charge in [-0.2, -0.15) is 0 Å². The Hall–Kier alpha value is -0.860. The second-order valence-corrected chi connectivity index (χ2v) is 4.26. The van der Waals surface area contributed by atoms with Gasteiger partial charge in [-0.25, -0.2) is 0 Å². The number of hydrogen-bond acceptors (Lipinski definition) is 3. The molecule has 3 nitrogen and oxygen atoms in total. The predicted molar refractivity (Wildman–Crippen MR) is 60.1 cm³/mol. The monoisotopic (exact) mass is 211 g/mol. The molecule has 15 heavy (non-hydrogen) atoms. The molecule has 0 aromatic heterocycles. The van der Waals surface area contributed by atoms with Crippen LogP contribution in [0.4, 0.5) is 0 Å². The number of hydrogen-bond donors (Lipinski definition) is 1. The van der Waals surface area contributed by atoms with Crippen LogP contribution < -0.4 is 0 Å². The SMILES string of the molecule is CCOC(=O)C(C)C(=N)C1CCCCC1. The molecule has 1 fully saturated rings. The van der Waals surface area contributed by atoms with Crippen LogP contribution >= 0.6 is 0 Å². The van der Waals surface area contributed by atoms with E-state index in [1.807, 2.05) is 0 Å². The Labute approximate surface area is 91.7 Å². The maximum absolute atomic E-state index is 11.5. The average Bonchev–Trinajstić information content (AvgIpc) is 2.28. The fourth-order valence-electron chi connectivity index (χ4n) is 2.16. The molecule has 0 radical (unpaired) electrons. The lowest BCUT2D eigenvalue weighted by Gasteiger charge is -2.25. The van der Waals surface area contributed by atoms with E-state index in [1.54, 1.807) is 13.8 Å². The van der Waals surface area contributed by atoms with E-state index >= 15 is 0 Å². The normalized spacial score (nSPS) is 19.6. The third kappa shape index (κ3) is 3.33. The third-order valence-corrected chi connectivity index (χ3v) is 3.15. The second kappa shape index (κ2) is 5.89. The first-order chi connectivity index (χ1) is 7.16. The van der Waals surface area contributed by atoms with Crippen LogP contribution in [0.3, 0.4) is 0 Å². The van der Waals surface area contributed by atoms with E-state index in [2.05, 4.69) is 0 Å². The molecule has 0 heterocycles. The van der Waals surface area contributed by atoms with E-state index in [1.165, 1.54) is 19.3 Å². The Kier molecular flexibility index (Phi) is 4.79. The van der Waals surface area contributed by atoms with Crippen LogP contribution in [0.15, 0.2) is 0 Å². The largest absolute Gasteiger partial charge is 0.465 e. The Morgan fingerprint density at radius 3 is 2.53 bits per heavy atom. The fourth-order valence-corrected chi connectivity index (χ4v) is 2.16. The summed E-state index contributed by atoms with van der Waals surface area (Å²) < 4.78 is 4.94. The molecule has 0 spiro atoms. The minimum atomic E-state index is -0.354. The van der Waals surface area contributed by atoms with Crippen molar-refractivity contribution in [1.82, 2.24) is 0 Å². The van der Waals surface area contributed by atoms with Gasteiger partial charge in [0.1, 0.15) is 0 Å². The van der Waals surface area contributed by atoms with Gasteiger partial charge < -0.3 is 10.1 Å². The highest BCUT2D eigenvalue weighted by Crippen LogP contribution is 2.27. The number of carbonyl (C=O) groups excluding carboxylic acids is 1. The quantitative estimate of drug-likeness (QED) is 0.574. The van der Waals surface area contributed by atoms with Crippen molar-refractivity contribution in [2.24, 2.45) is 11.8 Å². The summed E-state index contributed by atoms with van der Waals surface area (Å²) >= 11 is 0. The molecule has 1 rings (SSSR count). The van der Waals surface area contributed by atoms with Crippen molar-refractivity contribution in [1.29, 1.82) is 5.41 Å². The highest BCUT2D eigenvalue weighted by atomic mass is 16.5.